The molecule has 0 aliphatic carbocycles. The molecule has 0 aliphatic heterocycles. The van der Waals surface area contributed by atoms with E-state index >= 15 is 0 Å². The lowest BCUT2D eigenvalue weighted by Gasteiger charge is -2.14. The maximum atomic E-state index is 10.0. The number of thioether (sulfide) groups is 1. The van der Waals surface area contributed by atoms with Crippen LogP contribution in [0.2, 0.25) is 0 Å². The minimum atomic E-state index is 0.405. The summed E-state index contributed by atoms with van der Waals surface area (Å²) in [5.74, 6) is 1.04. The molecule has 8 heteroatoms. The molecular formula is C29H25N7S. The topological polar surface area (TPSA) is 92.3 Å². The van der Waals surface area contributed by atoms with E-state index < -0.39 is 0 Å². The summed E-state index contributed by atoms with van der Waals surface area (Å²) in [7, 11) is 0. The van der Waals surface area contributed by atoms with E-state index in [0.717, 1.165) is 22.5 Å². The molecule has 0 aliphatic rings. The van der Waals surface area contributed by atoms with Crippen LogP contribution in [0.3, 0.4) is 0 Å². The molecule has 0 spiro atoms. The molecule has 5 aromatic rings. The number of aromatic nitrogens is 5. The number of rotatable bonds is 8. The summed E-state index contributed by atoms with van der Waals surface area (Å²) in [5.41, 5.74) is 7.05. The molecule has 0 amide bonds. The minimum Gasteiger partial charge on any atom is -0.339 e. The standard InChI is InChI=1S/C29H25N7S/c1-20-12-14-22(15-13-20)17-36-18-24(34-35-36)19-37-29-32-27(23-9-4-3-5-10-23)25(16-30)28(33-29)31-26-11-7-6-8-21(26)2/h3-15,18H,17,19H2,1-2H3,(H,31,32,33). The van der Waals surface area contributed by atoms with Gasteiger partial charge in [-0.3, -0.25) is 0 Å². The summed E-state index contributed by atoms with van der Waals surface area (Å²) in [6.07, 6.45) is 1.95. The van der Waals surface area contributed by atoms with Gasteiger partial charge in [0.25, 0.3) is 0 Å². The smallest absolute Gasteiger partial charge is 0.190 e. The number of para-hydroxylation sites is 1. The maximum absolute atomic E-state index is 10.0. The summed E-state index contributed by atoms with van der Waals surface area (Å²) in [4.78, 5) is 9.50. The lowest BCUT2D eigenvalue weighted by molar-refractivity contribution is 0.649. The number of nitrogens with zero attached hydrogens (tertiary/aromatic N) is 6. The highest BCUT2D eigenvalue weighted by Crippen LogP contribution is 2.32. The molecule has 1 N–H and O–H groups in total. The largest absolute Gasteiger partial charge is 0.339 e. The SMILES string of the molecule is Cc1ccc(Cn2cc(CSc3nc(Nc4ccccc4C)c(C#N)c(-c4ccccc4)n3)nn2)cc1. The third-order valence-corrected chi connectivity index (χ3v) is 6.73. The molecule has 0 atom stereocenters. The zero-order valence-corrected chi connectivity index (χ0v) is 21.4. The Hall–Kier alpha value is -4.48. The minimum absolute atomic E-state index is 0.405. The predicted octanol–water partition coefficient (Wildman–Crippen LogP) is 6.31. The second-order valence-electron chi connectivity index (χ2n) is 8.68. The van der Waals surface area contributed by atoms with Crippen molar-refractivity contribution in [1.82, 2.24) is 25.0 Å². The van der Waals surface area contributed by atoms with E-state index in [0.29, 0.717) is 34.5 Å². The van der Waals surface area contributed by atoms with E-state index in [1.807, 2.05) is 72.4 Å². The van der Waals surface area contributed by atoms with Gasteiger partial charge in [-0.1, -0.05) is 95.3 Å². The molecule has 5 rings (SSSR count). The Morgan fingerprint density at radius 2 is 1.68 bits per heavy atom. The summed E-state index contributed by atoms with van der Waals surface area (Å²) in [6, 6.07) is 28.3. The summed E-state index contributed by atoms with van der Waals surface area (Å²) < 4.78 is 1.83. The Balaban J connectivity index is 1.41. The van der Waals surface area contributed by atoms with Crippen molar-refractivity contribution in [3.63, 3.8) is 0 Å². The Labute approximate surface area is 220 Å². The molecule has 37 heavy (non-hydrogen) atoms. The van der Waals surface area contributed by atoms with Crippen LogP contribution in [0, 0.1) is 25.2 Å². The molecule has 0 unspecified atom stereocenters. The highest BCUT2D eigenvalue weighted by molar-refractivity contribution is 7.98. The van der Waals surface area contributed by atoms with Gasteiger partial charge >= 0.3 is 0 Å². The van der Waals surface area contributed by atoms with E-state index in [1.54, 1.807) is 0 Å². The number of aryl methyl sites for hydroxylation is 2. The van der Waals surface area contributed by atoms with Gasteiger partial charge in [-0.2, -0.15) is 5.26 Å². The number of nitrogens with one attached hydrogen (secondary N) is 1. The highest BCUT2D eigenvalue weighted by atomic mass is 32.2. The van der Waals surface area contributed by atoms with Crippen molar-refractivity contribution in [1.29, 1.82) is 5.26 Å². The molecule has 182 valence electrons. The molecular weight excluding hydrogens is 478 g/mol. The Morgan fingerprint density at radius 1 is 0.919 bits per heavy atom. The van der Waals surface area contributed by atoms with Gasteiger partial charge in [0.05, 0.1) is 17.9 Å². The third kappa shape index (κ3) is 5.85. The fourth-order valence-corrected chi connectivity index (χ4v) is 4.57. The van der Waals surface area contributed by atoms with Crippen molar-refractivity contribution >= 4 is 23.3 Å². The van der Waals surface area contributed by atoms with Gasteiger partial charge in [0.2, 0.25) is 0 Å². The zero-order valence-electron chi connectivity index (χ0n) is 20.6. The molecule has 0 radical (unpaired) electrons. The second-order valence-corrected chi connectivity index (χ2v) is 9.62. The van der Waals surface area contributed by atoms with E-state index in [2.05, 4.69) is 52.9 Å². The normalized spacial score (nSPS) is 10.7. The monoisotopic (exact) mass is 503 g/mol. The van der Waals surface area contributed by atoms with Crippen molar-refractivity contribution in [2.24, 2.45) is 0 Å². The Bertz CT molecular complexity index is 1550. The molecule has 0 bridgehead atoms. The average molecular weight is 504 g/mol. The number of nitriles is 1. The Kier molecular flexibility index (Phi) is 7.24. The zero-order chi connectivity index (χ0) is 25.6. The fraction of sp³-hybridized carbons (Fsp3) is 0.138. The first-order chi connectivity index (χ1) is 18.1. The first-order valence-electron chi connectivity index (χ1n) is 11.9. The van der Waals surface area contributed by atoms with E-state index in [9.17, 15) is 5.26 Å². The highest BCUT2D eigenvalue weighted by Gasteiger charge is 2.17. The van der Waals surface area contributed by atoms with Crippen LogP contribution in [-0.4, -0.2) is 25.0 Å². The van der Waals surface area contributed by atoms with Crippen LogP contribution >= 0.6 is 11.8 Å². The second kappa shape index (κ2) is 11.1. The van der Waals surface area contributed by atoms with Crippen LogP contribution in [0.4, 0.5) is 11.5 Å². The van der Waals surface area contributed by atoms with Gasteiger partial charge in [-0.05, 0) is 31.0 Å². The Morgan fingerprint density at radius 3 is 2.43 bits per heavy atom. The van der Waals surface area contributed by atoms with Crippen molar-refractivity contribution in [3.8, 4) is 17.3 Å². The lowest BCUT2D eigenvalue weighted by Crippen LogP contribution is -2.04. The van der Waals surface area contributed by atoms with E-state index in [4.69, 9.17) is 9.97 Å². The van der Waals surface area contributed by atoms with Crippen LogP contribution in [0.5, 0.6) is 0 Å². The summed E-state index contributed by atoms with van der Waals surface area (Å²) in [5, 5.41) is 22.6. The predicted molar refractivity (Wildman–Crippen MR) is 147 cm³/mol. The van der Waals surface area contributed by atoms with Crippen LogP contribution < -0.4 is 5.32 Å². The number of hydrogen-bond acceptors (Lipinski definition) is 7. The first-order valence-corrected chi connectivity index (χ1v) is 12.8. The van der Waals surface area contributed by atoms with Crippen molar-refractivity contribution in [3.05, 3.63) is 113 Å². The molecule has 2 aromatic heterocycles. The molecule has 0 fully saturated rings. The van der Waals surface area contributed by atoms with Gasteiger partial charge in [0, 0.05) is 23.2 Å². The number of hydrogen-bond donors (Lipinski definition) is 1. The molecule has 0 saturated carbocycles. The first kappa shape index (κ1) is 24.2. The van der Waals surface area contributed by atoms with E-state index in [-0.39, 0.29) is 0 Å². The van der Waals surface area contributed by atoms with E-state index in [1.165, 1.54) is 22.9 Å². The van der Waals surface area contributed by atoms with Crippen molar-refractivity contribution in [2.45, 2.75) is 31.3 Å². The summed E-state index contributed by atoms with van der Waals surface area (Å²) >= 11 is 1.46. The molecule has 2 heterocycles. The molecule has 0 saturated heterocycles. The van der Waals surface area contributed by atoms with Crippen LogP contribution in [-0.2, 0) is 12.3 Å². The van der Waals surface area contributed by atoms with Crippen LogP contribution in [0.15, 0.2) is 90.2 Å². The van der Waals surface area contributed by atoms with Gasteiger partial charge < -0.3 is 5.32 Å². The van der Waals surface area contributed by atoms with Gasteiger partial charge in [0.15, 0.2) is 11.0 Å². The third-order valence-electron chi connectivity index (χ3n) is 5.85. The quantitative estimate of drug-likeness (QED) is 0.196. The number of benzene rings is 3. The van der Waals surface area contributed by atoms with Gasteiger partial charge in [0.1, 0.15) is 11.6 Å². The number of anilines is 2. The van der Waals surface area contributed by atoms with Gasteiger partial charge in [-0.15, -0.1) is 5.10 Å². The lowest BCUT2D eigenvalue weighted by atomic mass is 10.1. The van der Waals surface area contributed by atoms with Crippen molar-refractivity contribution in [2.75, 3.05) is 5.32 Å². The summed E-state index contributed by atoms with van der Waals surface area (Å²) in [6.45, 7) is 4.75. The maximum Gasteiger partial charge on any atom is 0.190 e. The molecule has 3 aromatic carbocycles. The fourth-order valence-electron chi connectivity index (χ4n) is 3.85. The molecule has 7 nitrogen and oxygen atoms in total. The van der Waals surface area contributed by atoms with Gasteiger partial charge in [-0.25, -0.2) is 14.6 Å². The van der Waals surface area contributed by atoms with Crippen LogP contribution in [0.1, 0.15) is 27.9 Å². The van der Waals surface area contributed by atoms with Crippen molar-refractivity contribution < 1.29 is 0 Å². The van der Waals surface area contributed by atoms with Crippen LogP contribution in [0.25, 0.3) is 11.3 Å². The average Bonchev–Trinajstić information content (AvgIpc) is 3.37.